The molecule has 1 heterocycles. The summed E-state index contributed by atoms with van der Waals surface area (Å²) in [5.41, 5.74) is 2.40. The number of rotatable bonds is 2. The standard InChI is InChI=1S/C16H19N.C2H6/c1-5-8-14-12(6-2)13-11-16(3,4)10-7-9-15(13)17-14;1-2/h5-11,17H,2H2,1,3-4H3;1-2H3/b8-5-;. The fourth-order valence-corrected chi connectivity index (χ4v) is 2.19. The zero-order valence-corrected chi connectivity index (χ0v) is 12.7. The van der Waals surface area contributed by atoms with Crippen molar-refractivity contribution in [1.82, 2.24) is 4.98 Å². The number of hydrogen-bond acceptors (Lipinski definition) is 0. The molecule has 0 saturated carbocycles. The molecule has 1 aliphatic carbocycles. The predicted octanol–water partition coefficient (Wildman–Crippen LogP) is 3.87. The molecule has 0 bridgehead atoms. The van der Waals surface area contributed by atoms with Gasteiger partial charge in [-0.25, -0.2) is 0 Å². The molecule has 0 radical (unpaired) electrons. The van der Waals surface area contributed by atoms with Crippen LogP contribution in [0.25, 0.3) is 24.3 Å². The lowest BCUT2D eigenvalue weighted by molar-refractivity contribution is 0.671. The Hall–Kier alpha value is -1.76. The summed E-state index contributed by atoms with van der Waals surface area (Å²) in [6.07, 6.45) is 14.8. The molecule has 1 N–H and O–H groups in total. The van der Waals surface area contributed by atoms with Crippen molar-refractivity contribution in [2.75, 3.05) is 0 Å². The second-order valence-corrected chi connectivity index (χ2v) is 4.98. The van der Waals surface area contributed by atoms with Gasteiger partial charge in [0.25, 0.3) is 0 Å². The van der Waals surface area contributed by atoms with Gasteiger partial charge in [-0.15, -0.1) is 0 Å². The molecule has 2 rings (SSSR count). The highest BCUT2D eigenvalue weighted by molar-refractivity contribution is 5.66. The van der Waals surface area contributed by atoms with E-state index in [1.54, 1.807) is 0 Å². The maximum Gasteiger partial charge on any atom is 0.0461 e. The number of hydrogen-bond donors (Lipinski definition) is 1. The van der Waals surface area contributed by atoms with E-state index in [2.05, 4.69) is 55.8 Å². The van der Waals surface area contributed by atoms with Crippen LogP contribution in [0, 0.1) is 5.41 Å². The molecule has 1 aromatic rings. The molecule has 0 saturated heterocycles. The Kier molecular flexibility index (Phi) is 5.17. The van der Waals surface area contributed by atoms with E-state index >= 15 is 0 Å². The van der Waals surface area contributed by atoms with Gasteiger partial charge in [-0.05, 0) is 19.1 Å². The first-order chi connectivity index (χ1) is 9.07. The minimum absolute atomic E-state index is 0.0783. The van der Waals surface area contributed by atoms with Gasteiger partial charge < -0.3 is 4.98 Å². The third-order valence-electron chi connectivity index (χ3n) is 2.98. The van der Waals surface area contributed by atoms with Crippen LogP contribution in [0.5, 0.6) is 0 Å². The zero-order chi connectivity index (χ0) is 14.5. The number of nitrogens with one attached hydrogen (secondary N) is 1. The molecular weight excluding hydrogens is 230 g/mol. The normalized spacial score (nSPS) is 15.6. The van der Waals surface area contributed by atoms with E-state index < -0.39 is 0 Å². The molecule has 0 spiro atoms. The molecular formula is C18H25N. The SMILES string of the molecule is C=Cc1c(/C=C\C)[nH]c2c1=CC(C)(C)C=CC=2.CC. The fourth-order valence-electron chi connectivity index (χ4n) is 2.19. The molecule has 0 unspecified atom stereocenters. The molecule has 102 valence electrons. The van der Waals surface area contributed by atoms with E-state index in [9.17, 15) is 0 Å². The highest BCUT2D eigenvalue weighted by atomic mass is 14.7. The lowest BCUT2D eigenvalue weighted by Crippen LogP contribution is -2.25. The predicted molar refractivity (Wildman–Crippen MR) is 88.0 cm³/mol. The Balaban J connectivity index is 0.000000861. The van der Waals surface area contributed by atoms with Crippen LogP contribution < -0.4 is 10.6 Å². The number of aromatic nitrogens is 1. The van der Waals surface area contributed by atoms with Gasteiger partial charge in [0.15, 0.2) is 0 Å². The molecule has 1 aliphatic rings. The quantitative estimate of drug-likeness (QED) is 0.825. The molecule has 0 amide bonds. The van der Waals surface area contributed by atoms with E-state index in [-0.39, 0.29) is 5.41 Å². The lowest BCUT2D eigenvalue weighted by atomic mass is 9.92. The van der Waals surface area contributed by atoms with E-state index in [4.69, 9.17) is 0 Å². The van der Waals surface area contributed by atoms with Crippen LogP contribution in [0.3, 0.4) is 0 Å². The van der Waals surface area contributed by atoms with E-state index in [0.29, 0.717) is 0 Å². The summed E-state index contributed by atoms with van der Waals surface area (Å²) in [5.74, 6) is 0. The molecule has 1 aromatic heterocycles. The van der Waals surface area contributed by atoms with Crippen molar-refractivity contribution in [2.45, 2.75) is 34.6 Å². The number of aromatic amines is 1. The lowest BCUT2D eigenvalue weighted by Gasteiger charge is -2.12. The minimum Gasteiger partial charge on any atom is -0.355 e. The van der Waals surface area contributed by atoms with E-state index in [1.165, 1.54) is 10.8 Å². The zero-order valence-electron chi connectivity index (χ0n) is 12.7. The van der Waals surface area contributed by atoms with Crippen LogP contribution in [0.1, 0.15) is 45.9 Å². The Morgan fingerprint density at radius 3 is 2.53 bits per heavy atom. The highest BCUT2D eigenvalue weighted by Gasteiger charge is 2.13. The van der Waals surface area contributed by atoms with Crippen molar-refractivity contribution < 1.29 is 0 Å². The Labute approximate surface area is 116 Å². The van der Waals surface area contributed by atoms with Crippen LogP contribution >= 0.6 is 0 Å². The van der Waals surface area contributed by atoms with Crippen LogP contribution in [0.2, 0.25) is 0 Å². The Bertz CT molecular complexity index is 607. The topological polar surface area (TPSA) is 15.8 Å². The van der Waals surface area contributed by atoms with Crippen molar-refractivity contribution in [3.8, 4) is 0 Å². The second kappa shape index (κ2) is 6.42. The van der Waals surface area contributed by atoms with Gasteiger partial charge in [0.2, 0.25) is 0 Å². The summed E-state index contributed by atoms with van der Waals surface area (Å²) in [6.45, 7) is 14.4. The average Bonchev–Trinajstić information content (AvgIpc) is 2.60. The number of fused-ring (bicyclic) bond motifs is 1. The summed E-state index contributed by atoms with van der Waals surface area (Å²) in [4.78, 5) is 3.44. The van der Waals surface area contributed by atoms with Crippen molar-refractivity contribution in [2.24, 2.45) is 5.41 Å². The molecule has 1 heteroatoms. The van der Waals surface area contributed by atoms with Gasteiger partial charge in [0.1, 0.15) is 0 Å². The average molecular weight is 255 g/mol. The Morgan fingerprint density at radius 1 is 1.26 bits per heavy atom. The summed E-state index contributed by atoms with van der Waals surface area (Å²) in [6, 6.07) is 0. The molecule has 0 aliphatic heterocycles. The molecule has 0 aromatic carbocycles. The first kappa shape index (κ1) is 15.3. The third kappa shape index (κ3) is 3.37. The number of allylic oxidation sites excluding steroid dienone is 3. The van der Waals surface area contributed by atoms with Gasteiger partial charge in [-0.2, -0.15) is 0 Å². The first-order valence-electron chi connectivity index (χ1n) is 6.97. The summed E-state index contributed by atoms with van der Waals surface area (Å²) in [7, 11) is 0. The largest absolute Gasteiger partial charge is 0.355 e. The van der Waals surface area contributed by atoms with Gasteiger partial charge in [0, 0.05) is 27.2 Å². The van der Waals surface area contributed by atoms with Gasteiger partial charge >= 0.3 is 0 Å². The second-order valence-electron chi connectivity index (χ2n) is 4.98. The van der Waals surface area contributed by atoms with Crippen molar-refractivity contribution in [1.29, 1.82) is 0 Å². The maximum absolute atomic E-state index is 3.92. The van der Waals surface area contributed by atoms with Gasteiger partial charge in [-0.1, -0.05) is 64.7 Å². The Morgan fingerprint density at radius 2 is 1.95 bits per heavy atom. The number of H-pyrrole nitrogens is 1. The minimum atomic E-state index is 0.0783. The first-order valence-corrected chi connectivity index (χ1v) is 6.97. The highest BCUT2D eigenvalue weighted by Crippen LogP contribution is 2.20. The monoisotopic (exact) mass is 255 g/mol. The fraction of sp³-hybridized carbons (Fsp3) is 0.333. The van der Waals surface area contributed by atoms with E-state index in [0.717, 1.165) is 11.0 Å². The van der Waals surface area contributed by atoms with Gasteiger partial charge in [-0.3, -0.25) is 0 Å². The van der Waals surface area contributed by atoms with Crippen molar-refractivity contribution >= 4 is 24.3 Å². The van der Waals surface area contributed by atoms with Crippen LogP contribution in [0.4, 0.5) is 0 Å². The summed E-state index contributed by atoms with van der Waals surface area (Å²) < 4.78 is 0. The molecule has 1 nitrogen and oxygen atoms in total. The van der Waals surface area contributed by atoms with Crippen LogP contribution in [0.15, 0.2) is 24.8 Å². The molecule has 19 heavy (non-hydrogen) atoms. The third-order valence-corrected chi connectivity index (χ3v) is 2.98. The molecule has 0 atom stereocenters. The van der Waals surface area contributed by atoms with E-state index in [1.807, 2.05) is 32.9 Å². The molecule has 0 fully saturated rings. The summed E-state index contributed by atoms with van der Waals surface area (Å²) in [5, 5.41) is 2.41. The maximum atomic E-state index is 3.92. The smallest absolute Gasteiger partial charge is 0.0461 e. The van der Waals surface area contributed by atoms with Crippen molar-refractivity contribution in [3.05, 3.63) is 46.6 Å². The van der Waals surface area contributed by atoms with Crippen LogP contribution in [-0.4, -0.2) is 4.98 Å². The van der Waals surface area contributed by atoms with Crippen LogP contribution in [-0.2, 0) is 0 Å². The summed E-state index contributed by atoms with van der Waals surface area (Å²) >= 11 is 0. The van der Waals surface area contributed by atoms with Gasteiger partial charge in [0.05, 0.1) is 0 Å². The van der Waals surface area contributed by atoms with Crippen molar-refractivity contribution in [3.63, 3.8) is 0 Å².